The highest BCUT2D eigenvalue weighted by atomic mass is 19.1. The number of anilines is 1. The van der Waals surface area contributed by atoms with Crippen LogP contribution in [0.25, 0.3) is 11.1 Å². The number of amides is 2. The minimum Gasteiger partial charge on any atom is -0.442 e. The largest absolute Gasteiger partial charge is 0.442 e. The van der Waals surface area contributed by atoms with Gasteiger partial charge in [-0.1, -0.05) is 24.3 Å². The molecule has 4 rings (SSSR count). The number of nitrogens with zero attached hydrogens (tertiary/aromatic N) is 2. The van der Waals surface area contributed by atoms with Gasteiger partial charge in [-0.2, -0.15) is 0 Å². The summed E-state index contributed by atoms with van der Waals surface area (Å²) in [6, 6.07) is 12.5. The van der Waals surface area contributed by atoms with E-state index < -0.39 is 18.0 Å². The van der Waals surface area contributed by atoms with E-state index in [0.717, 1.165) is 57.1 Å². The van der Waals surface area contributed by atoms with Crippen LogP contribution in [-0.4, -0.2) is 75.5 Å². The van der Waals surface area contributed by atoms with Crippen molar-refractivity contribution in [2.24, 2.45) is 0 Å². The second kappa shape index (κ2) is 11.4. The maximum Gasteiger partial charge on any atom is 0.414 e. The van der Waals surface area contributed by atoms with Gasteiger partial charge in [0.15, 0.2) is 0 Å². The maximum atomic E-state index is 14.9. The molecule has 2 aliphatic rings. The van der Waals surface area contributed by atoms with Crippen LogP contribution in [0.2, 0.25) is 0 Å². The SMILES string of the molecule is CC(=O)NC[C@H]1CN(c2ccc(-c3ccc(CNCCN4CCOCC4)cc3)c(F)c2)C(=O)O1. The maximum absolute atomic E-state index is 14.9. The molecule has 0 bridgehead atoms. The number of morpholine rings is 1. The van der Waals surface area contributed by atoms with Crippen molar-refractivity contribution in [3.63, 3.8) is 0 Å². The van der Waals surface area contributed by atoms with Crippen molar-refractivity contribution in [2.75, 3.05) is 57.4 Å². The first-order chi connectivity index (χ1) is 16.5. The minimum absolute atomic E-state index is 0.195. The standard InChI is InChI=1S/C25H31FN4O4/c1-18(31)28-16-22-17-30(25(32)34-22)21-6-7-23(24(26)14-21)20-4-2-19(3-5-20)15-27-8-9-29-10-12-33-13-11-29/h2-7,14,22,27H,8-13,15-17H2,1H3,(H,28,31)/t22-/m0/s1. The quantitative estimate of drug-likeness (QED) is 0.548. The third-order valence-corrected chi connectivity index (χ3v) is 6.02. The molecule has 2 saturated heterocycles. The lowest BCUT2D eigenvalue weighted by Gasteiger charge is -2.26. The van der Waals surface area contributed by atoms with E-state index in [0.29, 0.717) is 11.3 Å². The van der Waals surface area contributed by atoms with Crippen LogP contribution in [0.4, 0.5) is 14.9 Å². The van der Waals surface area contributed by atoms with Crippen LogP contribution in [0, 0.1) is 5.82 Å². The Morgan fingerprint density at radius 1 is 1.15 bits per heavy atom. The van der Waals surface area contributed by atoms with Gasteiger partial charge < -0.3 is 20.1 Å². The number of hydrogen-bond donors (Lipinski definition) is 2. The van der Waals surface area contributed by atoms with E-state index in [1.54, 1.807) is 12.1 Å². The number of cyclic esters (lactones) is 1. The molecule has 0 saturated carbocycles. The van der Waals surface area contributed by atoms with Crippen molar-refractivity contribution in [2.45, 2.75) is 19.6 Å². The third-order valence-electron chi connectivity index (χ3n) is 6.02. The summed E-state index contributed by atoms with van der Waals surface area (Å²) in [5.41, 5.74) is 2.80. The van der Waals surface area contributed by atoms with E-state index in [4.69, 9.17) is 9.47 Å². The molecular weight excluding hydrogens is 439 g/mol. The summed E-state index contributed by atoms with van der Waals surface area (Å²) in [6.45, 7) is 8.12. The Labute approximate surface area is 199 Å². The van der Waals surface area contributed by atoms with Crippen LogP contribution >= 0.6 is 0 Å². The number of rotatable bonds is 9. The number of hydrogen-bond acceptors (Lipinski definition) is 6. The van der Waals surface area contributed by atoms with Crippen molar-refractivity contribution in [1.29, 1.82) is 0 Å². The zero-order valence-corrected chi connectivity index (χ0v) is 19.4. The Balaban J connectivity index is 1.31. The minimum atomic E-state index is -0.548. The van der Waals surface area contributed by atoms with Gasteiger partial charge in [0, 0.05) is 45.2 Å². The number of carbonyl (C=O) groups excluding carboxylic acids is 2. The van der Waals surface area contributed by atoms with Gasteiger partial charge in [-0.3, -0.25) is 14.6 Å². The predicted molar refractivity (Wildman–Crippen MR) is 127 cm³/mol. The predicted octanol–water partition coefficient (Wildman–Crippen LogP) is 2.38. The summed E-state index contributed by atoms with van der Waals surface area (Å²) >= 11 is 0. The fourth-order valence-corrected chi connectivity index (χ4v) is 4.10. The average Bonchev–Trinajstić information content (AvgIpc) is 3.22. The normalized spacial score (nSPS) is 18.7. The van der Waals surface area contributed by atoms with Crippen LogP contribution in [0.3, 0.4) is 0 Å². The van der Waals surface area contributed by atoms with Gasteiger partial charge >= 0.3 is 6.09 Å². The molecule has 2 N–H and O–H groups in total. The zero-order chi connectivity index (χ0) is 23.9. The summed E-state index contributed by atoms with van der Waals surface area (Å²) in [7, 11) is 0. The fraction of sp³-hybridized carbons (Fsp3) is 0.440. The van der Waals surface area contributed by atoms with E-state index in [2.05, 4.69) is 15.5 Å². The number of ether oxygens (including phenoxy) is 2. The highest BCUT2D eigenvalue weighted by molar-refractivity contribution is 5.90. The average molecular weight is 471 g/mol. The molecule has 0 aliphatic carbocycles. The molecule has 2 heterocycles. The van der Waals surface area contributed by atoms with Gasteiger partial charge in [0.25, 0.3) is 0 Å². The van der Waals surface area contributed by atoms with Gasteiger partial charge in [-0.15, -0.1) is 0 Å². The molecule has 2 fully saturated rings. The lowest BCUT2D eigenvalue weighted by Crippen LogP contribution is -2.40. The highest BCUT2D eigenvalue weighted by Crippen LogP contribution is 2.29. The molecule has 8 nitrogen and oxygen atoms in total. The summed E-state index contributed by atoms with van der Waals surface area (Å²) in [5.74, 6) is -0.605. The van der Waals surface area contributed by atoms with E-state index in [-0.39, 0.29) is 19.0 Å². The highest BCUT2D eigenvalue weighted by Gasteiger charge is 2.32. The molecule has 2 aromatic rings. The number of halogens is 1. The second-order valence-electron chi connectivity index (χ2n) is 8.55. The molecule has 2 amide bonds. The van der Waals surface area contributed by atoms with E-state index in [1.807, 2.05) is 24.3 Å². The molecule has 9 heteroatoms. The van der Waals surface area contributed by atoms with Crippen molar-refractivity contribution in [3.8, 4) is 11.1 Å². The van der Waals surface area contributed by atoms with Gasteiger partial charge in [-0.25, -0.2) is 9.18 Å². The van der Waals surface area contributed by atoms with E-state index in [1.165, 1.54) is 17.9 Å². The van der Waals surface area contributed by atoms with E-state index >= 15 is 0 Å². The lowest BCUT2D eigenvalue weighted by atomic mass is 10.0. The lowest BCUT2D eigenvalue weighted by molar-refractivity contribution is -0.119. The molecule has 1 atom stereocenters. The summed E-state index contributed by atoms with van der Waals surface area (Å²) in [4.78, 5) is 27.0. The van der Waals surface area contributed by atoms with Gasteiger partial charge in [0.1, 0.15) is 11.9 Å². The number of benzene rings is 2. The van der Waals surface area contributed by atoms with Crippen molar-refractivity contribution in [1.82, 2.24) is 15.5 Å². The van der Waals surface area contributed by atoms with Gasteiger partial charge in [-0.05, 0) is 29.3 Å². The first-order valence-electron chi connectivity index (χ1n) is 11.6. The monoisotopic (exact) mass is 470 g/mol. The van der Waals surface area contributed by atoms with Crippen molar-refractivity contribution in [3.05, 3.63) is 53.8 Å². The Kier molecular flexibility index (Phi) is 8.10. The van der Waals surface area contributed by atoms with Gasteiger partial charge in [0.05, 0.1) is 32.0 Å². The zero-order valence-electron chi connectivity index (χ0n) is 19.4. The smallest absolute Gasteiger partial charge is 0.414 e. The molecule has 0 radical (unpaired) electrons. The van der Waals surface area contributed by atoms with Crippen LogP contribution in [0.1, 0.15) is 12.5 Å². The first-order valence-corrected chi connectivity index (χ1v) is 11.6. The van der Waals surface area contributed by atoms with Crippen LogP contribution < -0.4 is 15.5 Å². The van der Waals surface area contributed by atoms with Gasteiger partial charge in [0.2, 0.25) is 5.91 Å². The summed E-state index contributed by atoms with van der Waals surface area (Å²) in [6.07, 6.45) is -1.01. The Morgan fingerprint density at radius 3 is 2.62 bits per heavy atom. The molecular formula is C25H31FN4O4. The van der Waals surface area contributed by atoms with Crippen LogP contribution in [-0.2, 0) is 20.8 Å². The Bertz CT molecular complexity index is 995. The third kappa shape index (κ3) is 6.31. The number of nitrogens with one attached hydrogen (secondary N) is 2. The summed E-state index contributed by atoms with van der Waals surface area (Å²) < 4.78 is 25.6. The van der Waals surface area contributed by atoms with Crippen LogP contribution in [0.15, 0.2) is 42.5 Å². The molecule has 34 heavy (non-hydrogen) atoms. The van der Waals surface area contributed by atoms with E-state index in [9.17, 15) is 14.0 Å². The molecule has 2 aromatic carbocycles. The molecule has 0 unspecified atom stereocenters. The number of carbonyl (C=O) groups is 2. The molecule has 0 spiro atoms. The topological polar surface area (TPSA) is 83.1 Å². The van der Waals surface area contributed by atoms with Crippen molar-refractivity contribution >= 4 is 17.7 Å². The molecule has 2 aliphatic heterocycles. The first kappa shape index (κ1) is 24.1. The fourth-order valence-electron chi connectivity index (χ4n) is 4.10. The summed E-state index contributed by atoms with van der Waals surface area (Å²) in [5, 5.41) is 6.08. The molecule has 182 valence electrons. The second-order valence-corrected chi connectivity index (χ2v) is 8.55. The Hall–Kier alpha value is -3.01. The molecule has 0 aromatic heterocycles. The Morgan fingerprint density at radius 2 is 1.91 bits per heavy atom. The van der Waals surface area contributed by atoms with Crippen LogP contribution in [0.5, 0.6) is 0 Å². The van der Waals surface area contributed by atoms with Crippen molar-refractivity contribution < 1.29 is 23.5 Å².